The fourth-order valence-corrected chi connectivity index (χ4v) is 27.2. The number of piperidine rings is 2. The molecular weight excluding hydrogens is 1890 g/mol. The van der Waals surface area contributed by atoms with Crippen molar-refractivity contribution in [3.05, 3.63) is 178 Å². The lowest BCUT2D eigenvalue weighted by Crippen LogP contribution is -2.55. The summed E-state index contributed by atoms with van der Waals surface area (Å²) in [5.41, 5.74) is 18.0. The van der Waals surface area contributed by atoms with E-state index < -0.39 is 31.8 Å². The monoisotopic (exact) mass is 2070 g/mol. The second kappa shape index (κ2) is 48.0. The van der Waals surface area contributed by atoms with Crippen LogP contribution in [0.15, 0.2) is 110 Å². The minimum atomic E-state index is -4.67. The van der Waals surface area contributed by atoms with Gasteiger partial charge in [-0.3, -0.25) is 43.2 Å². The molecule has 146 heavy (non-hydrogen) atoms. The number of pyridine rings is 1. The first-order valence-corrected chi connectivity index (χ1v) is 58.0. The maximum atomic E-state index is 12.2. The number of amides is 3. The lowest BCUT2D eigenvalue weighted by Gasteiger charge is -2.49. The maximum absolute atomic E-state index is 12.2. The quantitative estimate of drug-likeness (QED) is 0.118. The fraction of sp³-hybridized carbons (Fsp3) is 0.737. The van der Waals surface area contributed by atoms with E-state index in [1.165, 1.54) is 69.9 Å². The Hall–Kier alpha value is -8.49. The molecule has 9 aliphatic carbocycles. The van der Waals surface area contributed by atoms with Gasteiger partial charge in [-0.2, -0.15) is 18.2 Å². The normalized spacial score (nSPS) is 28.6. The minimum Gasteiger partial charge on any atom is -0.357 e. The molecule has 818 valence electrons. The Bertz CT molecular complexity index is 5980. The molecule has 27 nitrogen and oxygen atoms in total. The number of nitrogens with zero attached hydrogens (tertiary/aromatic N) is 13. The van der Waals surface area contributed by atoms with Crippen LogP contribution in [0.1, 0.15) is 412 Å². The van der Waals surface area contributed by atoms with Gasteiger partial charge in [0.05, 0.1) is 36.1 Å². The van der Waals surface area contributed by atoms with Gasteiger partial charge in [0.25, 0.3) is 11.1 Å². The number of carbonyl (C=O) groups excluding carboxylic acids is 2. The van der Waals surface area contributed by atoms with Crippen molar-refractivity contribution in [2.75, 3.05) is 58.4 Å². The van der Waals surface area contributed by atoms with E-state index >= 15 is 0 Å². The zero-order chi connectivity index (χ0) is 110. The van der Waals surface area contributed by atoms with Crippen molar-refractivity contribution in [2.24, 2.45) is 93.8 Å². The number of sulfonamides is 1. The van der Waals surface area contributed by atoms with Gasteiger partial charge < -0.3 is 38.8 Å². The molecule has 32 heteroatoms. The van der Waals surface area contributed by atoms with Crippen molar-refractivity contribution in [3.63, 3.8) is 0 Å². The summed E-state index contributed by atoms with van der Waals surface area (Å²) in [6.45, 7) is 87.1. The van der Waals surface area contributed by atoms with Crippen molar-refractivity contribution in [2.45, 2.75) is 397 Å². The first-order chi connectivity index (χ1) is 67.8. The molecule has 3 amide bonds. The second-order valence-corrected chi connectivity index (χ2v) is 51.6. The average molecular weight is 2080 g/mol. The molecule has 0 radical (unpaired) electrons. The first kappa shape index (κ1) is 119. The van der Waals surface area contributed by atoms with Crippen LogP contribution in [0.5, 0.6) is 0 Å². The van der Waals surface area contributed by atoms with Gasteiger partial charge in [-0.05, 0) is 242 Å². The molecule has 15 aliphatic rings. The van der Waals surface area contributed by atoms with Crippen LogP contribution in [0.25, 0.3) is 0 Å². The number of likely N-dealkylation sites (tertiary alicyclic amines) is 1. The maximum Gasteiger partial charge on any atom is 0.404 e. The average Bonchev–Trinajstić information content (AvgIpc) is 1.31. The van der Waals surface area contributed by atoms with E-state index in [0.29, 0.717) is 124 Å². The predicted molar refractivity (Wildman–Crippen MR) is 582 cm³/mol. The fourth-order valence-electron chi connectivity index (χ4n) is 24.1. The summed E-state index contributed by atoms with van der Waals surface area (Å²) in [5, 5.41) is 4.25. The molecule has 2 saturated heterocycles. The molecule has 6 aliphatic heterocycles. The summed E-state index contributed by atoms with van der Waals surface area (Å²) in [4.78, 5) is 108. The van der Waals surface area contributed by atoms with Gasteiger partial charge in [-0.25, -0.2) is 40.5 Å². The molecule has 1 saturated carbocycles. The van der Waals surface area contributed by atoms with Crippen molar-refractivity contribution < 1.29 is 44.3 Å². The highest BCUT2D eigenvalue weighted by Gasteiger charge is 2.50. The van der Waals surface area contributed by atoms with Gasteiger partial charge >= 0.3 is 23.6 Å². The summed E-state index contributed by atoms with van der Waals surface area (Å²) in [7, 11) is -7.34. The number of aliphatic imine (C=N–C) groups is 1. The number of halogens is 3. The molecule has 4 aromatic heterocycles. The minimum absolute atomic E-state index is 0.0394. The van der Waals surface area contributed by atoms with Gasteiger partial charge in [0.1, 0.15) is 6.73 Å². The Morgan fingerprint density at radius 1 is 0.507 bits per heavy atom. The zero-order valence-corrected chi connectivity index (χ0v) is 97.1. The number of allylic oxidation sites excluding steroid dienone is 5. The van der Waals surface area contributed by atoms with Crippen LogP contribution < -0.4 is 33.2 Å². The summed E-state index contributed by atoms with van der Waals surface area (Å²) >= 11 is 0. The number of rotatable bonds is 14. The highest BCUT2D eigenvalue weighted by atomic mass is 32.2. The molecule has 16 unspecified atom stereocenters. The lowest BCUT2D eigenvalue weighted by atomic mass is 9.72. The SMILES string of the molecule is CC(C)[C@H]1CN(C(=O)CC2CC2)CC[C@H]1C.CC(C)[C@H]1CN(S(=O)(=O)CC(F)(F)F)CC[C@H]1C.CC1C2=C(C1C)N(C(C)C)C(=O)NC2.CC1C2=C(C1C)N(C(C)C)C=NC2.CC1C2=C(C1C)N(C(C)C)COC2.CC1C2=C(C1C)S(=O)(=O)C=CN2C(C)C.CC1c2c(n(C(C)C)c(=O)[nH]c2=O)C1C.CC1c2c(n(C(C)C)ccc2=O)C1C.CC1c2c(n(C(C)C)cnc2=O)C1C.CC1c2cnc(=O)n(C(C)C)c2C1C. The van der Waals surface area contributed by atoms with Crippen molar-refractivity contribution in [1.29, 1.82) is 0 Å². The van der Waals surface area contributed by atoms with E-state index in [1.807, 2.05) is 84.3 Å². The number of hydrogen-bond donors (Lipinski definition) is 2. The lowest BCUT2D eigenvalue weighted by molar-refractivity contribution is -0.134. The third kappa shape index (κ3) is 25.1. The predicted octanol–water partition coefficient (Wildman–Crippen LogP) is 22.1. The number of urea groups is 1. The van der Waals surface area contributed by atoms with Crippen LogP contribution in [0.4, 0.5) is 18.0 Å². The number of aromatic amines is 1. The third-order valence-electron chi connectivity index (χ3n) is 35.0. The summed E-state index contributed by atoms with van der Waals surface area (Å²) in [6, 6.07) is 4.58. The topological polar surface area (TPSA) is 302 Å². The number of fused-ring (bicyclic) bond motifs is 4. The van der Waals surface area contributed by atoms with Crippen molar-refractivity contribution in [3.8, 4) is 0 Å². The Morgan fingerprint density at radius 3 is 1.56 bits per heavy atom. The molecule has 0 aromatic carbocycles. The number of ether oxygens (including phenoxy) is 1. The van der Waals surface area contributed by atoms with Crippen LogP contribution in [0.2, 0.25) is 0 Å². The Labute approximate surface area is 871 Å². The van der Waals surface area contributed by atoms with Gasteiger partial charge in [0.2, 0.25) is 15.9 Å². The molecular formula is C114H182F3N15O12S2. The Kier molecular flexibility index (Phi) is 39.3. The van der Waals surface area contributed by atoms with Crippen LogP contribution in [0.3, 0.4) is 0 Å². The molecule has 2 N–H and O–H groups in total. The van der Waals surface area contributed by atoms with Gasteiger partial charge in [0.15, 0.2) is 21.0 Å². The largest absolute Gasteiger partial charge is 0.404 e. The van der Waals surface area contributed by atoms with Gasteiger partial charge in [0, 0.05) is 228 Å². The number of H-pyrrole nitrogens is 1. The van der Waals surface area contributed by atoms with Gasteiger partial charge in [-0.15, -0.1) is 0 Å². The van der Waals surface area contributed by atoms with E-state index in [0.717, 1.165) is 114 Å². The van der Waals surface area contributed by atoms with E-state index in [1.54, 1.807) is 40.6 Å². The molecule has 0 bridgehead atoms. The first-order valence-electron chi connectivity index (χ1n) is 54.8. The number of sulfone groups is 1. The van der Waals surface area contributed by atoms with Crippen LogP contribution in [0, 0.1) is 88.8 Å². The summed E-state index contributed by atoms with van der Waals surface area (Å²) < 4.78 is 98.1. The number of aromatic nitrogens is 7. The Morgan fingerprint density at radius 2 is 1.02 bits per heavy atom. The van der Waals surface area contributed by atoms with Gasteiger partial charge in [-0.1, -0.05) is 152 Å². The molecule has 10 heterocycles. The summed E-state index contributed by atoms with van der Waals surface area (Å²) in [5.74, 6) is 10.4. The zero-order valence-electron chi connectivity index (χ0n) is 95.5. The second-order valence-electron chi connectivity index (χ2n) is 47.8. The van der Waals surface area contributed by atoms with E-state index in [9.17, 15) is 63.6 Å². The van der Waals surface area contributed by atoms with Crippen LogP contribution >= 0.6 is 0 Å². The number of carbonyl (C=O) groups is 2. The molecule has 19 rings (SSSR count). The smallest absolute Gasteiger partial charge is 0.357 e. The number of nitrogens with one attached hydrogen (secondary N) is 2. The molecule has 0 spiro atoms. The van der Waals surface area contributed by atoms with E-state index in [-0.39, 0.29) is 88.8 Å². The number of hydrogen-bond acceptors (Lipinski definition) is 18. The third-order valence-corrected chi connectivity index (χ3v) is 38.5. The van der Waals surface area contributed by atoms with Crippen LogP contribution in [-0.4, -0.2) is 186 Å². The number of alkyl halides is 3. The molecule has 3 fully saturated rings. The van der Waals surface area contributed by atoms with E-state index in [2.05, 4.69) is 255 Å². The van der Waals surface area contributed by atoms with E-state index in [4.69, 9.17) is 4.74 Å². The Balaban J connectivity index is 0.000000166. The van der Waals surface area contributed by atoms with Crippen molar-refractivity contribution >= 4 is 38.1 Å². The highest BCUT2D eigenvalue weighted by Crippen LogP contribution is 2.53. The highest BCUT2D eigenvalue weighted by molar-refractivity contribution is 7.98. The molecule has 20 atom stereocenters. The molecule has 4 aromatic rings. The van der Waals surface area contributed by atoms with Crippen molar-refractivity contribution in [1.82, 2.24) is 67.3 Å². The summed E-state index contributed by atoms with van der Waals surface area (Å²) in [6.07, 6.45) is 9.57. The van der Waals surface area contributed by atoms with Crippen LogP contribution in [-0.2, 0) is 29.4 Å². The standard InChI is InChI=1S/C14H25NO.C12H17NO.C11H20F3NO2S.C11H16N2O2.C11H16N2O.C11H18N2O.C11H16N2O.C11H18N2.C11H17NO2S.C11H19NO/c1-10(2)13-9-15(7-6-11(13)3)14(16)8-12-4-5-12;1-7(2)13-6-5-10(14)11-8(3)9(4)12(11)13;1-8(2)10-6-15(5-4-9(10)3)18(16,17)7-11(12,13)14;1-5(2)13-9-7(4)6(3)8(9)10(14)12-11(13)15;1-6(2)13-5-12-11(14)9-7(3)8(4)10(9)13;2*1-6(2)13-10-8(4)7(3)9(10)5-12-11(13)14;1-7(2)13-6-12-5-10-8(3)9(4)11(10)13;1-7(2)12-5-6-15(13,14)11-9(4)8(3)10(11)12;1-7(2)12-6-13-5-10-8(3)9(4)11(10)12/h10-13H,4-9H2,1-3H3;5-9H,1-4H3;8-10H,4-7H2,1-3H3;5-7H,1-4H3,(H,12,14,15);5-8H,1-4H3;6-8H,5H2,1-4H3,(H,12,14);5-8H,1-4H3;6-9H,5H2,1-4H3;5-9H,1-4H3;7-9H,5-6H2,1-4H3/t11-,13-;;9-,10-;;;;;;;/m1.1......./s1.